The fourth-order valence-electron chi connectivity index (χ4n) is 4.46. The smallest absolute Gasteiger partial charge is 0.260 e. The number of imide groups is 1. The van der Waals surface area contributed by atoms with E-state index in [2.05, 4.69) is 21.5 Å². The average Bonchev–Trinajstić information content (AvgIpc) is 3.21. The molecule has 1 aromatic carbocycles. The minimum Gasteiger partial charge on any atom is -0.329 e. The Morgan fingerprint density at radius 1 is 1.04 bits per heavy atom. The predicted molar refractivity (Wildman–Crippen MR) is 99.9 cm³/mol. The molecule has 0 unspecified atom stereocenters. The van der Waals surface area contributed by atoms with Gasteiger partial charge in [-0.25, -0.2) is 9.58 Å². The zero-order valence-electron chi connectivity index (χ0n) is 15.1. The summed E-state index contributed by atoms with van der Waals surface area (Å²) in [5.41, 5.74) is 2.03. The summed E-state index contributed by atoms with van der Waals surface area (Å²) in [6.07, 6.45) is 5.63. The molecule has 1 aliphatic carbocycles. The summed E-state index contributed by atoms with van der Waals surface area (Å²) in [7, 11) is 0. The van der Waals surface area contributed by atoms with Crippen molar-refractivity contribution in [2.45, 2.75) is 38.6 Å². The van der Waals surface area contributed by atoms with Gasteiger partial charge in [0.15, 0.2) is 0 Å². The first-order valence-corrected chi connectivity index (χ1v) is 9.48. The monoisotopic (exact) mass is 363 g/mol. The van der Waals surface area contributed by atoms with Crippen LogP contribution in [0.1, 0.15) is 44.2 Å². The molecule has 1 aromatic heterocycles. The number of hydrogen-bond donors (Lipinski definition) is 1. The van der Waals surface area contributed by atoms with E-state index in [0.717, 1.165) is 36.9 Å². The molecule has 7 heteroatoms. The summed E-state index contributed by atoms with van der Waals surface area (Å²) in [4.78, 5) is 31.4. The van der Waals surface area contributed by atoms with Crippen LogP contribution >= 0.6 is 0 Å². The molecule has 3 aliphatic rings. The van der Waals surface area contributed by atoms with Gasteiger partial charge in [-0.3, -0.25) is 9.59 Å². The van der Waals surface area contributed by atoms with Gasteiger partial charge in [-0.1, -0.05) is 43.2 Å². The Morgan fingerprint density at radius 2 is 1.70 bits per heavy atom. The zero-order valence-corrected chi connectivity index (χ0v) is 15.1. The molecular weight excluding hydrogens is 342 g/mol. The largest absolute Gasteiger partial charge is 0.329 e. The van der Waals surface area contributed by atoms with E-state index in [9.17, 15) is 9.59 Å². The van der Waals surface area contributed by atoms with Gasteiger partial charge in [-0.05, 0) is 31.4 Å². The second-order valence-corrected chi connectivity index (χ2v) is 7.52. The van der Waals surface area contributed by atoms with Crippen LogP contribution in [0.4, 0.5) is 11.9 Å². The number of rotatable bonds is 2. The molecule has 138 valence electrons. The molecule has 0 bridgehead atoms. The number of benzene rings is 1. The van der Waals surface area contributed by atoms with Gasteiger partial charge < -0.3 is 5.32 Å². The summed E-state index contributed by atoms with van der Waals surface area (Å²) in [6, 6.07) is 9.88. The Balaban J connectivity index is 1.54. The zero-order chi connectivity index (χ0) is 18.5. The number of nitrogens with zero attached hydrogens (tertiary/aromatic N) is 4. The number of hydrogen-bond acceptors (Lipinski definition) is 5. The lowest BCUT2D eigenvalue weighted by Crippen LogP contribution is -2.32. The van der Waals surface area contributed by atoms with E-state index in [0.29, 0.717) is 5.95 Å². The maximum absolute atomic E-state index is 12.9. The molecule has 0 radical (unpaired) electrons. The summed E-state index contributed by atoms with van der Waals surface area (Å²) in [5, 5.41) is 7.76. The fraction of sp³-hybridized carbons (Fsp3) is 0.400. The second-order valence-electron chi connectivity index (χ2n) is 7.52. The Labute approximate surface area is 157 Å². The van der Waals surface area contributed by atoms with E-state index in [1.807, 2.05) is 37.3 Å². The van der Waals surface area contributed by atoms with Gasteiger partial charge in [0, 0.05) is 5.70 Å². The van der Waals surface area contributed by atoms with Gasteiger partial charge in [-0.2, -0.15) is 4.98 Å². The van der Waals surface area contributed by atoms with E-state index < -0.39 is 0 Å². The fourth-order valence-corrected chi connectivity index (χ4v) is 4.46. The molecule has 0 spiro atoms. The van der Waals surface area contributed by atoms with Crippen molar-refractivity contribution in [3.05, 3.63) is 47.7 Å². The van der Waals surface area contributed by atoms with Gasteiger partial charge in [0.2, 0.25) is 17.8 Å². The normalized spacial score (nSPS) is 27.1. The molecule has 7 nitrogen and oxygen atoms in total. The number of nitrogens with one attached hydrogen (secondary N) is 1. The van der Waals surface area contributed by atoms with Crippen molar-refractivity contribution >= 4 is 23.7 Å². The number of allylic oxidation sites excluding steroid dienone is 2. The summed E-state index contributed by atoms with van der Waals surface area (Å²) >= 11 is 0. The first kappa shape index (κ1) is 16.2. The third-order valence-electron chi connectivity index (χ3n) is 5.78. The number of carbonyl (C=O) groups excluding carboxylic acids is 2. The van der Waals surface area contributed by atoms with Gasteiger partial charge in [0.05, 0.1) is 11.8 Å². The highest BCUT2D eigenvalue weighted by Crippen LogP contribution is 2.40. The average molecular weight is 363 g/mol. The number of carbonyl (C=O) groups is 2. The molecule has 5 rings (SSSR count). The summed E-state index contributed by atoms with van der Waals surface area (Å²) in [5.74, 6) is 0.0384. The number of fused-ring (bicyclic) bond motifs is 2. The van der Waals surface area contributed by atoms with Crippen LogP contribution in [0, 0.1) is 11.8 Å². The molecular formula is C20H21N5O2. The van der Waals surface area contributed by atoms with Gasteiger partial charge in [-0.15, -0.1) is 5.10 Å². The minimum atomic E-state index is -0.204. The van der Waals surface area contributed by atoms with E-state index in [4.69, 9.17) is 0 Å². The highest BCUT2D eigenvalue weighted by molar-refractivity contribution is 6.21. The van der Waals surface area contributed by atoms with Gasteiger partial charge >= 0.3 is 0 Å². The Bertz CT molecular complexity index is 925. The van der Waals surface area contributed by atoms with Crippen LogP contribution in [0.15, 0.2) is 42.1 Å². The van der Waals surface area contributed by atoms with Crippen molar-refractivity contribution in [3.8, 4) is 0 Å². The van der Waals surface area contributed by atoms with Crippen molar-refractivity contribution in [2.24, 2.45) is 11.8 Å². The SMILES string of the molecule is CC1=C[C@@H](c2ccccc2)n2nc(N3C(=O)[C@H]4CCCC[C@@H]4C3=O)nc2N1. The minimum absolute atomic E-state index is 0.126. The van der Waals surface area contributed by atoms with Crippen LogP contribution in [0.25, 0.3) is 0 Å². The van der Waals surface area contributed by atoms with Crippen LogP contribution in [0.5, 0.6) is 0 Å². The molecule has 2 amide bonds. The molecule has 27 heavy (non-hydrogen) atoms. The number of amides is 2. The van der Waals surface area contributed by atoms with Crippen molar-refractivity contribution in [1.29, 1.82) is 0 Å². The highest BCUT2D eigenvalue weighted by Gasteiger charge is 2.50. The van der Waals surface area contributed by atoms with E-state index in [-0.39, 0.29) is 35.6 Å². The second kappa shape index (κ2) is 6.04. The third-order valence-corrected chi connectivity index (χ3v) is 5.78. The maximum Gasteiger partial charge on any atom is 0.260 e. The number of aromatic nitrogens is 3. The first-order valence-electron chi connectivity index (χ1n) is 9.48. The van der Waals surface area contributed by atoms with Crippen molar-refractivity contribution < 1.29 is 9.59 Å². The third kappa shape index (κ3) is 2.49. The van der Waals surface area contributed by atoms with Crippen LogP contribution < -0.4 is 10.2 Å². The van der Waals surface area contributed by atoms with Gasteiger partial charge in [0.1, 0.15) is 6.04 Å². The first-order chi connectivity index (χ1) is 13.1. The molecule has 2 fully saturated rings. The standard InChI is InChI=1S/C20H21N5O2/c1-12-11-16(13-7-3-2-4-8-13)25-19(21-12)22-20(23-25)24-17(26)14-9-5-6-10-15(14)18(24)27/h2-4,7-8,11,14-16H,5-6,9-10H2,1H3,(H,21,22,23)/t14-,15-,16-/m0/s1. The molecule has 2 aromatic rings. The molecule has 1 saturated heterocycles. The lowest BCUT2D eigenvalue weighted by atomic mass is 9.81. The van der Waals surface area contributed by atoms with Crippen molar-refractivity contribution in [2.75, 3.05) is 10.2 Å². The van der Waals surface area contributed by atoms with E-state index in [1.165, 1.54) is 4.90 Å². The van der Waals surface area contributed by atoms with Crippen LogP contribution in [0.2, 0.25) is 0 Å². The topological polar surface area (TPSA) is 80.1 Å². The predicted octanol–water partition coefficient (Wildman–Crippen LogP) is 2.88. The van der Waals surface area contributed by atoms with E-state index in [1.54, 1.807) is 4.68 Å². The Hall–Kier alpha value is -2.96. The Kier molecular flexibility index (Phi) is 3.63. The molecule has 3 heterocycles. The summed E-state index contributed by atoms with van der Waals surface area (Å²) < 4.78 is 1.75. The Morgan fingerprint density at radius 3 is 2.37 bits per heavy atom. The van der Waals surface area contributed by atoms with Crippen molar-refractivity contribution in [3.63, 3.8) is 0 Å². The molecule has 1 N–H and O–H groups in total. The van der Waals surface area contributed by atoms with Gasteiger partial charge in [0.25, 0.3) is 5.95 Å². The highest BCUT2D eigenvalue weighted by atomic mass is 16.2. The van der Waals surface area contributed by atoms with Crippen LogP contribution in [0.3, 0.4) is 0 Å². The van der Waals surface area contributed by atoms with Crippen molar-refractivity contribution in [1.82, 2.24) is 14.8 Å². The lowest BCUT2D eigenvalue weighted by Gasteiger charge is -2.22. The van der Waals surface area contributed by atoms with E-state index >= 15 is 0 Å². The molecule has 2 aliphatic heterocycles. The van der Waals surface area contributed by atoms with Crippen LogP contribution in [-0.2, 0) is 9.59 Å². The maximum atomic E-state index is 12.9. The molecule has 1 saturated carbocycles. The lowest BCUT2D eigenvalue weighted by molar-refractivity contribution is -0.122. The van der Waals surface area contributed by atoms with Crippen LogP contribution in [-0.4, -0.2) is 26.6 Å². The summed E-state index contributed by atoms with van der Waals surface area (Å²) in [6.45, 7) is 1.97. The quantitative estimate of drug-likeness (QED) is 0.830. The molecule has 3 atom stereocenters. The number of anilines is 2.